The largest absolute Gasteiger partial charge is 0.218 e. The Balaban J connectivity index is 1.49. The highest BCUT2D eigenvalue weighted by Crippen LogP contribution is 2.39. The monoisotopic (exact) mass is 365 g/mol. The van der Waals surface area contributed by atoms with Crippen LogP contribution in [0, 0.1) is 0 Å². The number of benzene rings is 3. The van der Waals surface area contributed by atoms with Crippen LogP contribution in [0.2, 0.25) is 0 Å². The van der Waals surface area contributed by atoms with Crippen LogP contribution < -0.4 is 0 Å². The van der Waals surface area contributed by atoms with Gasteiger partial charge in [0.2, 0.25) is 0 Å². The molecule has 3 nitrogen and oxygen atoms in total. The Morgan fingerprint density at radius 2 is 1.32 bits per heavy atom. The number of nitrogens with zero attached hydrogens (tertiary/aromatic N) is 3. The molecule has 3 aromatic carbocycles. The molecule has 0 spiro atoms. The van der Waals surface area contributed by atoms with E-state index in [0.717, 1.165) is 43.2 Å². The molecule has 1 heterocycles. The van der Waals surface area contributed by atoms with Crippen molar-refractivity contribution in [2.75, 3.05) is 0 Å². The summed E-state index contributed by atoms with van der Waals surface area (Å²) in [4.78, 5) is 13.8. The van der Waals surface area contributed by atoms with Crippen LogP contribution in [0.25, 0.3) is 21.9 Å². The summed E-state index contributed by atoms with van der Waals surface area (Å²) in [6.45, 7) is 4.18. The minimum absolute atomic E-state index is 0.758. The molecule has 138 valence electrons. The summed E-state index contributed by atoms with van der Waals surface area (Å²) in [6, 6.07) is 20.1. The standard InChI is InChI=1S/C25H23N3/c1-3-23-26-24(4-2)28-25(27-23)12-16-9-10-21-19(11-16)14-20-13-17-7-5-6-8-18(17)15-22(20)21/h5-11,13,15H,3-4,12,14H2,1-2H3. The van der Waals surface area contributed by atoms with Crippen molar-refractivity contribution in [3.63, 3.8) is 0 Å². The predicted octanol–water partition coefficient (Wildman–Crippen LogP) is 5.31. The Morgan fingerprint density at radius 1 is 0.679 bits per heavy atom. The van der Waals surface area contributed by atoms with Crippen molar-refractivity contribution in [3.8, 4) is 11.1 Å². The SMILES string of the molecule is CCc1nc(CC)nc(Cc2ccc3c(c2)Cc2cc4ccccc4cc2-3)n1. The first-order valence-electron chi connectivity index (χ1n) is 10.1. The fourth-order valence-corrected chi connectivity index (χ4v) is 4.16. The Hall–Kier alpha value is -3.07. The minimum Gasteiger partial charge on any atom is -0.218 e. The quantitative estimate of drug-likeness (QED) is 0.433. The number of hydrogen-bond donors (Lipinski definition) is 0. The normalized spacial score (nSPS) is 12.2. The van der Waals surface area contributed by atoms with Crippen molar-refractivity contribution in [3.05, 3.63) is 88.8 Å². The van der Waals surface area contributed by atoms with Gasteiger partial charge >= 0.3 is 0 Å². The highest BCUT2D eigenvalue weighted by atomic mass is 15.0. The molecule has 1 aliphatic rings. The molecule has 5 rings (SSSR count). The second kappa shape index (κ2) is 6.83. The predicted molar refractivity (Wildman–Crippen MR) is 114 cm³/mol. The van der Waals surface area contributed by atoms with Gasteiger partial charge in [-0.15, -0.1) is 0 Å². The molecule has 0 N–H and O–H groups in total. The minimum atomic E-state index is 0.758. The highest BCUT2D eigenvalue weighted by Gasteiger charge is 2.19. The summed E-state index contributed by atoms with van der Waals surface area (Å²) in [5.41, 5.74) is 6.84. The molecule has 0 radical (unpaired) electrons. The van der Waals surface area contributed by atoms with Crippen molar-refractivity contribution < 1.29 is 0 Å². The van der Waals surface area contributed by atoms with Gasteiger partial charge in [0, 0.05) is 19.3 Å². The van der Waals surface area contributed by atoms with Crippen molar-refractivity contribution >= 4 is 10.8 Å². The zero-order valence-electron chi connectivity index (χ0n) is 16.4. The summed E-state index contributed by atoms with van der Waals surface area (Å²) < 4.78 is 0. The lowest BCUT2D eigenvalue weighted by Gasteiger charge is -2.07. The average molecular weight is 365 g/mol. The van der Waals surface area contributed by atoms with E-state index in [0.29, 0.717) is 0 Å². The number of fused-ring (bicyclic) bond motifs is 4. The third-order valence-electron chi connectivity index (χ3n) is 5.58. The molecule has 4 aromatic rings. The number of rotatable bonds is 4. The summed E-state index contributed by atoms with van der Waals surface area (Å²) in [5, 5.41) is 2.63. The third kappa shape index (κ3) is 2.97. The number of aromatic nitrogens is 3. The van der Waals surface area contributed by atoms with E-state index in [2.05, 4.69) is 83.4 Å². The van der Waals surface area contributed by atoms with Crippen LogP contribution in [-0.2, 0) is 25.7 Å². The lowest BCUT2D eigenvalue weighted by Crippen LogP contribution is -2.07. The first-order chi connectivity index (χ1) is 13.7. The molecule has 0 fully saturated rings. The highest BCUT2D eigenvalue weighted by molar-refractivity contribution is 5.91. The van der Waals surface area contributed by atoms with Gasteiger partial charge in [-0.1, -0.05) is 62.4 Å². The number of aryl methyl sites for hydroxylation is 2. The first kappa shape index (κ1) is 17.1. The molecule has 3 heteroatoms. The lowest BCUT2D eigenvalue weighted by atomic mass is 9.99. The lowest BCUT2D eigenvalue weighted by molar-refractivity contribution is 0.779. The molecule has 1 aliphatic carbocycles. The molecule has 0 unspecified atom stereocenters. The van der Waals surface area contributed by atoms with Crippen molar-refractivity contribution in [1.29, 1.82) is 0 Å². The van der Waals surface area contributed by atoms with E-state index < -0.39 is 0 Å². The molecule has 0 amide bonds. The summed E-state index contributed by atoms with van der Waals surface area (Å²) in [6.07, 6.45) is 3.44. The molecule has 1 aromatic heterocycles. The summed E-state index contributed by atoms with van der Waals surface area (Å²) in [7, 11) is 0. The van der Waals surface area contributed by atoms with Crippen molar-refractivity contribution in [1.82, 2.24) is 15.0 Å². The molecular formula is C25H23N3. The van der Waals surface area contributed by atoms with Gasteiger partial charge < -0.3 is 0 Å². The second-order valence-corrected chi connectivity index (χ2v) is 7.49. The third-order valence-corrected chi connectivity index (χ3v) is 5.58. The first-order valence-corrected chi connectivity index (χ1v) is 10.1. The van der Waals surface area contributed by atoms with Gasteiger partial charge in [0.05, 0.1) is 0 Å². The fourth-order valence-electron chi connectivity index (χ4n) is 4.16. The van der Waals surface area contributed by atoms with E-state index in [1.54, 1.807) is 0 Å². The van der Waals surface area contributed by atoms with Gasteiger partial charge in [0.1, 0.15) is 17.5 Å². The molecule has 0 atom stereocenters. The topological polar surface area (TPSA) is 38.7 Å². The van der Waals surface area contributed by atoms with Crippen LogP contribution in [0.3, 0.4) is 0 Å². The van der Waals surface area contributed by atoms with Crippen LogP contribution in [-0.4, -0.2) is 15.0 Å². The van der Waals surface area contributed by atoms with Crippen LogP contribution in [0.15, 0.2) is 54.6 Å². The van der Waals surface area contributed by atoms with Crippen LogP contribution >= 0.6 is 0 Å². The Labute approximate surface area is 165 Å². The van der Waals surface area contributed by atoms with Gasteiger partial charge in [-0.3, -0.25) is 0 Å². The van der Waals surface area contributed by atoms with E-state index in [1.165, 1.54) is 38.6 Å². The van der Waals surface area contributed by atoms with Crippen LogP contribution in [0.4, 0.5) is 0 Å². The van der Waals surface area contributed by atoms with Crippen molar-refractivity contribution in [2.45, 2.75) is 39.5 Å². The van der Waals surface area contributed by atoms with E-state index >= 15 is 0 Å². The van der Waals surface area contributed by atoms with Crippen molar-refractivity contribution in [2.24, 2.45) is 0 Å². The smallest absolute Gasteiger partial charge is 0.136 e. The van der Waals surface area contributed by atoms with Gasteiger partial charge in [-0.05, 0) is 51.1 Å². The summed E-state index contributed by atoms with van der Waals surface area (Å²) >= 11 is 0. The zero-order valence-corrected chi connectivity index (χ0v) is 16.4. The second-order valence-electron chi connectivity index (χ2n) is 7.49. The van der Waals surface area contributed by atoms with E-state index in [1.807, 2.05) is 0 Å². The Kier molecular flexibility index (Phi) is 4.16. The molecular weight excluding hydrogens is 342 g/mol. The van der Waals surface area contributed by atoms with Gasteiger partial charge in [0.15, 0.2) is 0 Å². The maximum absolute atomic E-state index is 4.64. The van der Waals surface area contributed by atoms with E-state index in [4.69, 9.17) is 0 Å². The van der Waals surface area contributed by atoms with Crippen LogP contribution in [0.1, 0.15) is 48.0 Å². The van der Waals surface area contributed by atoms with Crippen LogP contribution in [0.5, 0.6) is 0 Å². The molecule has 0 bridgehead atoms. The Morgan fingerprint density at radius 3 is 2.04 bits per heavy atom. The van der Waals surface area contributed by atoms with Gasteiger partial charge in [-0.2, -0.15) is 0 Å². The van der Waals surface area contributed by atoms with Gasteiger partial charge in [0.25, 0.3) is 0 Å². The summed E-state index contributed by atoms with van der Waals surface area (Å²) in [5.74, 6) is 2.66. The molecule has 0 saturated carbocycles. The molecule has 0 aliphatic heterocycles. The maximum Gasteiger partial charge on any atom is 0.136 e. The fraction of sp³-hybridized carbons (Fsp3) is 0.240. The van der Waals surface area contributed by atoms with Gasteiger partial charge in [-0.25, -0.2) is 15.0 Å². The van der Waals surface area contributed by atoms with E-state index in [9.17, 15) is 0 Å². The molecule has 28 heavy (non-hydrogen) atoms. The molecule has 0 saturated heterocycles. The Bertz CT molecular complexity index is 1170. The maximum atomic E-state index is 4.64. The zero-order chi connectivity index (χ0) is 19.1. The average Bonchev–Trinajstić information content (AvgIpc) is 3.08. The van der Waals surface area contributed by atoms with E-state index in [-0.39, 0.29) is 0 Å². The number of hydrogen-bond acceptors (Lipinski definition) is 3.